The molecule has 1 nitrogen and oxygen atoms in total. The molecule has 296 valence electrons. The van der Waals surface area contributed by atoms with Crippen LogP contribution in [0.4, 0.5) is 11.4 Å². The molecule has 60 heavy (non-hydrogen) atoms. The molecule has 0 aromatic heterocycles. The van der Waals surface area contributed by atoms with Crippen LogP contribution in [0.3, 0.4) is 0 Å². The normalized spacial score (nSPS) is 15.6. The molecule has 1 heteroatoms. The summed E-state index contributed by atoms with van der Waals surface area (Å²) in [5.41, 5.74) is 14.7. The van der Waals surface area contributed by atoms with Gasteiger partial charge in [-0.15, -0.1) is 0 Å². The number of benzene rings is 8. The van der Waals surface area contributed by atoms with Crippen molar-refractivity contribution in [2.24, 2.45) is 0 Å². The van der Waals surface area contributed by atoms with E-state index < -0.39 is 0 Å². The van der Waals surface area contributed by atoms with Gasteiger partial charge < -0.3 is 4.90 Å². The van der Waals surface area contributed by atoms with E-state index in [9.17, 15) is 0 Å². The van der Waals surface area contributed by atoms with Crippen LogP contribution in [0.15, 0.2) is 194 Å². The molecule has 1 aliphatic carbocycles. The Morgan fingerprint density at radius 3 is 1.67 bits per heavy atom. The summed E-state index contributed by atoms with van der Waals surface area (Å²) < 4.78 is 0. The van der Waals surface area contributed by atoms with Crippen LogP contribution in [0.5, 0.6) is 0 Å². The lowest BCUT2D eigenvalue weighted by molar-refractivity contribution is 0.569. The van der Waals surface area contributed by atoms with Gasteiger partial charge in [0.25, 0.3) is 0 Å². The van der Waals surface area contributed by atoms with Crippen molar-refractivity contribution in [3.8, 4) is 33.4 Å². The van der Waals surface area contributed by atoms with Crippen LogP contribution in [0.25, 0.3) is 60.5 Å². The zero-order valence-electron chi connectivity index (χ0n) is 36.1. The van der Waals surface area contributed by atoms with E-state index in [2.05, 4.69) is 248 Å². The van der Waals surface area contributed by atoms with Crippen LogP contribution < -0.4 is 4.90 Å². The van der Waals surface area contributed by atoms with Crippen LogP contribution in [0, 0.1) is 0 Å². The molecule has 0 saturated carbocycles. The number of para-hydroxylation sites is 1. The molecule has 0 bridgehead atoms. The Hall–Kier alpha value is -6.44. The highest BCUT2D eigenvalue weighted by Crippen LogP contribution is 2.48. The molecule has 0 fully saturated rings. The highest BCUT2D eigenvalue weighted by atomic mass is 15.2. The van der Waals surface area contributed by atoms with Gasteiger partial charge in [0.05, 0.1) is 5.54 Å². The van der Waals surface area contributed by atoms with Gasteiger partial charge in [-0.2, -0.15) is 0 Å². The summed E-state index contributed by atoms with van der Waals surface area (Å²) in [4.78, 5) is 2.62. The van der Waals surface area contributed by atoms with Gasteiger partial charge in [0, 0.05) is 22.3 Å². The summed E-state index contributed by atoms with van der Waals surface area (Å²) >= 11 is 0. The first kappa shape index (κ1) is 39.0. The SMILES string of the molecule is CC(C)(C)c1cc(-c2cccc3cccc(-c4ccccc4N(c4cccc5ccccc45)C4(C)C=CC(c5ccc(-c6ccccc6)cc5)=CC4)c23)cc(C(C)(C)C)c1. The lowest BCUT2D eigenvalue weighted by Crippen LogP contribution is -2.42. The minimum Gasteiger partial charge on any atom is -0.331 e. The molecule has 0 N–H and O–H groups in total. The third kappa shape index (κ3) is 7.39. The van der Waals surface area contributed by atoms with Crippen molar-refractivity contribution in [1.82, 2.24) is 0 Å². The number of hydrogen-bond acceptors (Lipinski definition) is 1. The number of rotatable bonds is 7. The standard InChI is InChI=1S/C59H55N/c1-57(2,3)48-38-47(39-49(40-48)58(4,5)6)51-26-15-22-46-23-16-27-53(56(46)51)52-25-13-14-28-55(52)60(54-29-17-21-45-20-11-12-24-50(45)54)59(7)36-34-44(35-37-59)43-32-30-42(31-33-43)41-18-9-8-10-19-41/h8-36,38-40H,37H2,1-7H3. The second kappa shape index (κ2) is 15.3. The summed E-state index contributed by atoms with van der Waals surface area (Å²) in [6.07, 6.45) is 8.05. The Kier molecular flexibility index (Phi) is 9.96. The maximum Gasteiger partial charge on any atom is 0.0643 e. The van der Waals surface area contributed by atoms with Crippen LogP contribution in [-0.4, -0.2) is 5.54 Å². The van der Waals surface area contributed by atoms with Gasteiger partial charge in [-0.3, -0.25) is 0 Å². The molecule has 9 rings (SSSR count). The molecule has 1 aliphatic rings. The fourth-order valence-corrected chi connectivity index (χ4v) is 9.02. The molecule has 0 spiro atoms. The predicted molar refractivity (Wildman–Crippen MR) is 260 cm³/mol. The Morgan fingerprint density at radius 1 is 0.450 bits per heavy atom. The quantitative estimate of drug-likeness (QED) is 0.156. The van der Waals surface area contributed by atoms with Crippen molar-refractivity contribution in [2.45, 2.75) is 71.3 Å². The van der Waals surface area contributed by atoms with Crippen molar-refractivity contribution in [3.63, 3.8) is 0 Å². The van der Waals surface area contributed by atoms with E-state index in [1.807, 2.05) is 0 Å². The minimum atomic E-state index is -0.371. The molecule has 0 radical (unpaired) electrons. The van der Waals surface area contributed by atoms with Crippen molar-refractivity contribution in [2.75, 3.05) is 4.90 Å². The Morgan fingerprint density at radius 2 is 0.983 bits per heavy atom. The Labute approximate surface area is 357 Å². The third-order valence-electron chi connectivity index (χ3n) is 12.5. The summed E-state index contributed by atoms with van der Waals surface area (Å²) in [5, 5.41) is 4.99. The number of allylic oxidation sites excluding steroid dienone is 2. The van der Waals surface area contributed by atoms with Gasteiger partial charge in [-0.25, -0.2) is 0 Å². The Balaban J connectivity index is 1.21. The van der Waals surface area contributed by atoms with Gasteiger partial charge in [0.2, 0.25) is 0 Å². The van der Waals surface area contributed by atoms with Crippen molar-refractivity contribution >= 4 is 38.5 Å². The lowest BCUT2D eigenvalue weighted by atomic mass is 9.78. The van der Waals surface area contributed by atoms with E-state index in [1.54, 1.807) is 0 Å². The molecular formula is C59H55N. The van der Waals surface area contributed by atoms with E-state index in [-0.39, 0.29) is 16.4 Å². The molecule has 0 heterocycles. The van der Waals surface area contributed by atoms with Crippen molar-refractivity contribution < 1.29 is 0 Å². The summed E-state index contributed by atoms with van der Waals surface area (Å²) in [7, 11) is 0. The van der Waals surface area contributed by atoms with E-state index in [0.717, 1.165) is 6.42 Å². The first-order valence-corrected chi connectivity index (χ1v) is 21.5. The number of anilines is 2. The van der Waals surface area contributed by atoms with Crippen LogP contribution in [0.1, 0.15) is 71.6 Å². The number of hydrogen-bond donors (Lipinski definition) is 0. The minimum absolute atomic E-state index is 0.0118. The molecule has 0 saturated heterocycles. The molecule has 1 unspecified atom stereocenters. The molecular weight excluding hydrogens is 723 g/mol. The highest BCUT2D eigenvalue weighted by Gasteiger charge is 2.35. The van der Waals surface area contributed by atoms with E-state index >= 15 is 0 Å². The summed E-state index contributed by atoms with van der Waals surface area (Å²) in [5.74, 6) is 0. The maximum absolute atomic E-state index is 2.62. The predicted octanol–water partition coefficient (Wildman–Crippen LogP) is 16.5. The molecule has 0 aliphatic heterocycles. The van der Waals surface area contributed by atoms with Gasteiger partial charge in [-0.05, 0) is 103 Å². The smallest absolute Gasteiger partial charge is 0.0643 e. The van der Waals surface area contributed by atoms with Crippen molar-refractivity contribution in [1.29, 1.82) is 0 Å². The largest absolute Gasteiger partial charge is 0.331 e. The third-order valence-corrected chi connectivity index (χ3v) is 12.5. The summed E-state index contributed by atoms with van der Waals surface area (Å²) in [6.45, 7) is 16.3. The van der Waals surface area contributed by atoms with E-state index in [4.69, 9.17) is 0 Å². The average molecular weight is 778 g/mol. The first-order chi connectivity index (χ1) is 28.9. The average Bonchev–Trinajstić information content (AvgIpc) is 3.26. The fourth-order valence-electron chi connectivity index (χ4n) is 9.02. The first-order valence-electron chi connectivity index (χ1n) is 21.5. The van der Waals surface area contributed by atoms with Gasteiger partial charge in [0.15, 0.2) is 0 Å². The lowest BCUT2D eigenvalue weighted by Gasteiger charge is -2.43. The molecule has 0 amide bonds. The fraction of sp³-hybridized carbons (Fsp3) is 0.186. The number of nitrogens with zero attached hydrogens (tertiary/aromatic N) is 1. The second-order valence-electron chi connectivity index (χ2n) is 18.9. The van der Waals surface area contributed by atoms with Crippen LogP contribution in [-0.2, 0) is 10.8 Å². The highest BCUT2D eigenvalue weighted by molar-refractivity contribution is 6.09. The zero-order valence-corrected chi connectivity index (χ0v) is 36.1. The number of fused-ring (bicyclic) bond motifs is 2. The molecule has 8 aromatic carbocycles. The van der Waals surface area contributed by atoms with Crippen molar-refractivity contribution in [3.05, 3.63) is 211 Å². The van der Waals surface area contributed by atoms with E-state index in [0.29, 0.717) is 0 Å². The summed E-state index contributed by atoms with van der Waals surface area (Å²) in [6, 6.07) is 65.2. The maximum atomic E-state index is 2.62. The topological polar surface area (TPSA) is 3.24 Å². The Bertz CT molecular complexity index is 2870. The van der Waals surface area contributed by atoms with E-state index in [1.165, 1.54) is 88.6 Å². The monoisotopic (exact) mass is 777 g/mol. The molecule has 8 aromatic rings. The van der Waals surface area contributed by atoms with Crippen LogP contribution >= 0.6 is 0 Å². The zero-order chi connectivity index (χ0) is 41.6. The second-order valence-corrected chi connectivity index (χ2v) is 18.9. The van der Waals surface area contributed by atoms with Gasteiger partial charge in [-0.1, -0.05) is 224 Å². The molecule has 1 atom stereocenters. The van der Waals surface area contributed by atoms with Crippen LogP contribution in [0.2, 0.25) is 0 Å². The van der Waals surface area contributed by atoms with Gasteiger partial charge >= 0.3 is 0 Å². The van der Waals surface area contributed by atoms with Gasteiger partial charge in [0.1, 0.15) is 0 Å².